The van der Waals surface area contributed by atoms with Crippen molar-refractivity contribution in [3.63, 3.8) is 0 Å². The molecule has 1 unspecified atom stereocenters. The fourth-order valence-electron chi connectivity index (χ4n) is 5.20. The number of hydrogen-bond acceptors (Lipinski definition) is 3. The van der Waals surface area contributed by atoms with Gasteiger partial charge < -0.3 is 4.98 Å². The Kier molecular flexibility index (Phi) is 4.29. The first-order valence-corrected chi connectivity index (χ1v) is 10.2. The number of rotatable bonds is 2. The summed E-state index contributed by atoms with van der Waals surface area (Å²) < 4.78 is 1.95. The third-order valence-electron chi connectivity index (χ3n) is 6.53. The van der Waals surface area contributed by atoms with E-state index in [0.29, 0.717) is 6.04 Å². The van der Waals surface area contributed by atoms with E-state index < -0.39 is 0 Å². The molecule has 1 aromatic heterocycles. The number of aromatic nitrogens is 2. The van der Waals surface area contributed by atoms with Gasteiger partial charge in [0.15, 0.2) is 0 Å². The number of aromatic amines is 1. The van der Waals surface area contributed by atoms with Gasteiger partial charge in [-0.15, -0.1) is 0 Å². The smallest absolute Gasteiger partial charge is 0.306 e. The van der Waals surface area contributed by atoms with Crippen molar-refractivity contribution >= 4 is 11.0 Å². The number of nitrogens with one attached hydrogen (secondary N) is 1. The summed E-state index contributed by atoms with van der Waals surface area (Å²) in [4.78, 5) is 18.1. The van der Waals surface area contributed by atoms with E-state index in [1.54, 1.807) is 0 Å². The number of nitrogens with zero attached hydrogens (tertiary/aromatic N) is 3. The third kappa shape index (κ3) is 2.76. The predicted molar refractivity (Wildman–Crippen MR) is 109 cm³/mol. The highest BCUT2D eigenvalue weighted by Gasteiger charge is 2.31. The van der Waals surface area contributed by atoms with E-state index in [9.17, 15) is 10.1 Å². The highest BCUT2D eigenvalue weighted by atomic mass is 16.1. The molecule has 2 heterocycles. The minimum absolute atomic E-state index is 0.00123. The van der Waals surface area contributed by atoms with Crippen molar-refractivity contribution in [3.8, 4) is 6.07 Å². The van der Waals surface area contributed by atoms with Crippen molar-refractivity contribution < 1.29 is 0 Å². The molecule has 142 valence electrons. The summed E-state index contributed by atoms with van der Waals surface area (Å²) in [5.41, 5.74) is 5.35. The molecule has 0 amide bonds. The zero-order valence-corrected chi connectivity index (χ0v) is 15.9. The number of benzene rings is 2. The SMILES string of the molecule is N#Cc1cccc2c1CCCC2N1CCC(n2c(=O)[nH]c3ccccc32)CC1. The normalized spacial score (nSPS) is 20.8. The van der Waals surface area contributed by atoms with Gasteiger partial charge in [-0.25, -0.2) is 4.79 Å². The first-order chi connectivity index (χ1) is 13.8. The van der Waals surface area contributed by atoms with Crippen LogP contribution in [-0.4, -0.2) is 27.5 Å². The lowest BCUT2D eigenvalue weighted by molar-refractivity contribution is 0.123. The number of piperidine rings is 1. The van der Waals surface area contributed by atoms with E-state index in [-0.39, 0.29) is 11.7 Å². The van der Waals surface area contributed by atoms with Crippen LogP contribution in [0, 0.1) is 11.3 Å². The number of imidazole rings is 1. The Bertz CT molecular complexity index is 1110. The van der Waals surface area contributed by atoms with Crippen molar-refractivity contribution in [1.29, 1.82) is 5.26 Å². The Hall–Kier alpha value is -2.84. The molecule has 1 saturated heterocycles. The van der Waals surface area contributed by atoms with E-state index in [4.69, 9.17) is 0 Å². The number of fused-ring (bicyclic) bond motifs is 2. The molecular weight excluding hydrogens is 348 g/mol. The second kappa shape index (κ2) is 6.96. The van der Waals surface area contributed by atoms with Gasteiger partial charge in [-0.3, -0.25) is 9.47 Å². The standard InChI is InChI=1S/C23H24N4O/c24-15-16-5-3-7-19-18(16)6-4-10-21(19)26-13-11-17(12-14-26)27-22-9-2-1-8-20(22)25-23(27)28/h1-3,5,7-9,17,21H,4,6,10-14H2,(H,25,28). The molecule has 5 rings (SSSR count). The molecule has 1 N–H and O–H groups in total. The van der Waals surface area contributed by atoms with Crippen LogP contribution in [0.15, 0.2) is 47.3 Å². The maximum Gasteiger partial charge on any atom is 0.326 e. The van der Waals surface area contributed by atoms with Crippen molar-refractivity contribution in [2.45, 2.75) is 44.2 Å². The van der Waals surface area contributed by atoms with E-state index in [2.05, 4.69) is 22.0 Å². The second-order valence-electron chi connectivity index (χ2n) is 7.98. The molecule has 5 nitrogen and oxygen atoms in total. The molecule has 5 heteroatoms. The van der Waals surface area contributed by atoms with Gasteiger partial charge in [0, 0.05) is 25.2 Å². The molecule has 1 aliphatic carbocycles. The number of hydrogen-bond donors (Lipinski definition) is 1. The Morgan fingerprint density at radius 3 is 2.68 bits per heavy atom. The molecule has 3 aromatic rings. The van der Waals surface area contributed by atoms with Gasteiger partial charge in [-0.05, 0) is 61.4 Å². The van der Waals surface area contributed by atoms with Gasteiger partial charge in [0.1, 0.15) is 0 Å². The van der Waals surface area contributed by atoms with Gasteiger partial charge in [-0.1, -0.05) is 24.3 Å². The lowest BCUT2D eigenvalue weighted by atomic mass is 9.83. The van der Waals surface area contributed by atoms with E-state index in [1.807, 2.05) is 41.0 Å². The highest BCUT2D eigenvalue weighted by molar-refractivity contribution is 5.75. The summed E-state index contributed by atoms with van der Waals surface area (Å²) in [5.74, 6) is 0. The molecule has 2 aliphatic rings. The van der Waals surface area contributed by atoms with Crippen LogP contribution in [-0.2, 0) is 6.42 Å². The maximum atomic E-state index is 12.5. The number of H-pyrrole nitrogens is 1. The van der Waals surface area contributed by atoms with Gasteiger partial charge in [0.2, 0.25) is 0 Å². The van der Waals surface area contributed by atoms with Crippen LogP contribution < -0.4 is 5.69 Å². The minimum Gasteiger partial charge on any atom is -0.306 e. The highest BCUT2D eigenvalue weighted by Crippen LogP contribution is 2.38. The van der Waals surface area contributed by atoms with Crippen LogP contribution in [0.5, 0.6) is 0 Å². The van der Waals surface area contributed by atoms with E-state index in [1.165, 1.54) is 11.1 Å². The van der Waals surface area contributed by atoms with E-state index in [0.717, 1.165) is 61.8 Å². The zero-order chi connectivity index (χ0) is 19.1. The average molecular weight is 372 g/mol. The van der Waals surface area contributed by atoms with Gasteiger partial charge in [-0.2, -0.15) is 5.26 Å². The molecule has 1 aliphatic heterocycles. The molecule has 0 spiro atoms. The first kappa shape index (κ1) is 17.3. The molecule has 0 radical (unpaired) electrons. The second-order valence-corrected chi connectivity index (χ2v) is 7.98. The van der Waals surface area contributed by atoms with Crippen LogP contribution in [0.3, 0.4) is 0 Å². The summed E-state index contributed by atoms with van der Waals surface area (Å²) >= 11 is 0. The van der Waals surface area contributed by atoms with Crippen molar-refractivity contribution in [2.24, 2.45) is 0 Å². The molecular formula is C23H24N4O. The summed E-state index contributed by atoms with van der Waals surface area (Å²) in [6, 6.07) is 17.1. The summed E-state index contributed by atoms with van der Waals surface area (Å²) in [6.07, 6.45) is 5.26. The first-order valence-electron chi connectivity index (χ1n) is 10.2. The predicted octanol–water partition coefficient (Wildman–Crippen LogP) is 3.92. The van der Waals surface area contributed by atoms with Crippen molar-refractivity contribution in [3.05, 3.63) is 69.6 Å². The quantitative estimate of drug-likeness (QED) is 0.742. The third-order valence-corrected chi connectivity index (χ3v) is 6.53. The van der Waals surface area contributed by atoms with Crippen LogP contribution >= 0.6 is 0 Å². The topological polar surface area (TPSA) is 64.8 Å². The van der Waals surface area contributed by atoms with Gasteiger partial charge >= 0.3 is 5.69 Å². The average Bonchev–Trinajstić information content (AvgIpc) is 3.08. The van der Waals surface area contributed by atoms with Crippen LogP contribution in [0.25, 0.3) is 11.0 Å². The summed E-state index contributed by atoms with van der Waals surface area (Å²) in [6.45, 7) is 1.97. The molecule has 0 bridgehead atoms. The molecule has 0 saturated carbocycles. The lowest BCUT2D eigenvalue weighted by Gasteiger charge is -2.40. The van der Waals surface area contributed by atoms with Gasteiger partial charge in [0.25, 0.3) is 0 Å². The fourth-order valence-corrected chi connectivity index (χ4v) is 5.20. The van der Waals surface area contributed by atoms with Crippen LogP contribution in [0.2, 0.25) is 0 Å². The molecule has 1 atom stereocenters. The number of para-hydroxylation sites is 2. The molecule has 1 fully saturated rings. The maximum absolute atomic E-state index is 12.5. The Morgan fingerprint density at radius 2 is 1.86 bits per heavy atom. The molecule has 28 heavy (non-hydrogen) atoms. The van der Waals surface area contributed by atoms with Crippen molar-refractivity contribution in [2.75, 3.05) is 13.1 Å². The monoisotopic (exact) mass is 372 g/mol. The Morgan fingerprint density at radius 1 is 1.04 bits per heavy atom. The lowest BCUT2D eigenvalue weighted by Crippen LogP contribution is -2.40. The van der Waals surface area contributed by atoms with Gasteiger partial charge in [0.05, 0.1) is 22.7 Å². The zero-order valence-electron chi connectivity index (χ0n) is 15.9. The largest absolute Gasteiger partial charge is 0.326 e. The Labute approximate surface area is 164 Å². The van der Waals surface area contributed by atoms with E-state index >= 15 is 0 Å². The minimum atomic E-state index is 0.00123. The molecule has 2 aromatic carbocycles. The number of likely N-dealkylation sites (tertiary alicyclic amines) is 1. The number of nitriles is 1. The van der Waals surface area contributed by atoms with Crippen LogP contribution in [0.1, 0.15) is 54.5 Å². The Balaban J connectivity index is 1.38. The summed E-state index contributed by atoms with van der Waals surface area (Å²) in [5, 5.41) is 9.44. The van der Waals surface area contributed by atoms with Crippen molar-refractivity contribution in [1.82, 2.24) is 14.5 Å². The van der Waals surface area contributed by atoms with Crippen LogP contribution in [0.4, 0.5) is 0 Å². The summed E-state index contributed by atoms with van der Waals surface area (Å²) in [7, 11) is 0. The fraction of sp³-hybridized carbons (Fsp3) is 0.391.